The molecule has 0 atom stereocenters. The van der Waals surface area contributed by atoms with Crippen LogP contribution in [0.4, 0.5) is 0 Å². The Morgan fingerprint density at radius 2 is 1.86 bits per heavy atom. The zero-order chi connectivity index (χ0) is 15.0. The molecule has 21 heavy (non-hydrogen) atoms. The highest BCUT2D eigenvalue weighted by atomic mass is 16.2. The van der Waals surface area contributed by atoms with E-state index in [1.165, 1.54) is 11.0 Å². The number of aromatic nitrogens is 2. The minimum Gasteiger partial charge on any atom is -0.309 e. The van der Waals surface area contributed by atoms with Crippen molar-refractivity contribution in [1.29, 1.82) is 0 Å². The molecular weight excluding hydrogens is 264 g/mol. The molecule has 1 saturated carbocycles. The van der Waals surface area contributed by atoms with Crippen LogP contribution >= 0.6 is 0 Å². The number of aryl methyl sites for hydroxylation is 1. The molecule has 0 saturated heterocycles. The molecule has 4 heteroatoms. The van der Waals surface area contributed by atoms with Crippen LogP contribution < -0.4 is 11.1 Å². The second-order valence-corrected chi connectivity index (χ2v) is 5.95. The van der Waals surface area contributed by atoms with Gasteiger partial charge in [0, 0.05) is 18.9 Å². The van der Waals surface area contributed by atoms with Crippen molar-refractivity contribution in [2.24, 2.45) is 5.92 Å². The summed E-state index contributed by atoms with van der Waals surface area (Å²) in [7, 11) is 0. The summed E-state index contributed by atoms with van der Waals surface area (Å²) < 4.78 is 3.02. The first-order chi connectivity index (χ1) is 10.1. The van der Waals surface area contributed by atoms with Gasteiger partial charge in [0.2, 0.25) is 0 Å². The molecule has 0 amide bonds. The van der Waals surface area contributed by atoms with Crippen molar-refractivity contribution in [3.63, 3.8) is 0 Å². The maximum atomic E-state index is 12.4. The molecule has 1 fully saturated rings. The summed E-state index contributed by atoms with van der Waals surface area (Å²) in [6.07, 6.45) is 7.01. The lowest BCUT2D eigenvalue weighted by Gasteiger charge is -2.25. The zero-order valence-corrected chi connectivity index (χ0v) is 12.5. The fourth-order valence-electron chi connectivity index (χ4n) is 2.79. The molecule has 2 aromatic rings. The lowest BCUT2D eigenvalue weighted by atomic mass is 9.85. The summed E-state index contributed by atoms with van der Waals surface area (Å²) in [4.78, 5) is 24.6. The van der Waals surface area contributed by atoms with Crippen LogP contribution in [-0.4, -0.2) is 9.13 Å². The lowest BCUT2D eigenvalue weighted by Crippen LogP contribution is -2.41. The van der Waals surface area contributed by atoms with Crippen molar-refractivity contribution in [1.82, 2.24) is 9.13 Å². The minimum absolute atomic E-state index is 0.426. The Bertz CT molecular complexity index is 782. The summed E-state index contributed by atoms with van der Waals surface area (Å²) in [5.41, 5.74) is 2.03. The molecule has 1 aromatic heterocycles. The highest BCUT2D eigenvalue weighted by molar-refractivity contribution is 5.44. The van der Waals surface area contributed by atoms with Crippen LogP contribution in [0, 0.1) is 19.8 Å². The molecule has 110 valence electrons. The SMILES string of the molecule is Cc1cccc(-n2ccn(CC3CCC3)c(=O)c2=O)c1C. The molecule has 0 radical (unpaired) electrons. The number of hydrogen-bond acceptors (Lipinski definition) is 2. The van der Waals surface area contributed by atoms with E-state index in [1.54, 1.807) is 17.0 Å². The van der Waals surface area contributed by atoms with Gasteiger partial charge in [0.15, 0.2) is 0 Å². The Balaban J connectivity index is 2.05. The number of benzene rings is 1. The van der Waals surface area contributed by atoms with Crippen molar-refractivity contribution < 1.29 is 0 Å². The molecule has 1 aliphatic carbocycles. The van der Waals surface area contributed by atoms with Gasteiger partial charge in [-0.2, -0.15) is 0 Å². The highest BCUT2D eigenvalue weighted by Gasteiger charge is 2.19. The second kappa shape index (κ2) is 5.35. The van der Waals surface area contributed by atoms with Crippen LogP contribution in [0.3, 0.4) is 0 Å². The number of hydrogen-bond donors (Lipinski definition) is 0. The van der Waals surface area contributed by atoms with Crippen LogP contribution in [0.2, 0.25) is 0 Å². The Labute approximate surface area is 123 Å². The predicted octanol–water partition coefficient (Wildman–Crippen LogP) is 2.42. The number of nitrogens with zero attached hydrogens (tertiary/aromatic N) is 2. The normalized spacial score (nSPS) is 15.0. The summed E-state index contributed by atoms with van der Waals surface area (Å²) in [6.45, 7) is 4.64. The topological polar surface area (TPSA) is 44.0 Å². The van der Waals surface area contributed by atoms with Crippen molar-refractivity contribution >= 4 is 0 Å². The average Bonchev–Trinajstić information content (AvgIpc) is 2.42. The van der Waals surface area contributed by atoms with Gasteiger partial charge < -0.3 is 4.57 Å². The molecule has 3 rings (SSSR count). The van der Waals surface area contributed by atoms with E-state index in [-0.39, 0.29) is 0 Å². The van der Waals surface area contributed by atoms with Gasteiger partial charge in [-0.05, 0) is 49.8 Å². The summed E-state index contributed by atoms with van der Waals surface area (Å²) in [6, 6.07) is 5.78. The first-order valence-corrected chi connectivity index (χ1v) is 7.46. The molecule has 0 unspecified atom stereocenters. The van der Waals surface area contributed by atoms with E-state index in [0.717, 1.165) is 29.7 Å². The van der Waals surface area contributed by atoms with Crippen molar-refractivity contribution in [2.45, 2.75) is 39.7 Å². The van der Waals surface area contributed by atoms with Crippen LogP contribution in [-0.2, 0) is 6.54 Å². The van der Waals surface area contributed by atoms with Crippen LogP contribution in [0.15, 0.2) is 40.2 Å². The largest absolute Gasteiger partial charge is 0.320 e. The van der Waals surface area contributed by atoms with Crippen LogP contribution in [0.1, 0.15) is 30.4 Å². The van der Waals surface area contributed by atoms with E-state index < -0.39 is 11.1 Å². The van der Waals surface area contributed by atoms with E-state index in [9.17, 15) is 9.59 Å². The maximum Gasteiger partial charge on any atom is 0.320 e. The summed E-state index contributed by atoms with van der Waals surface area (Å²) >= 11 is 0. The van der Waals surface area contributed by atoms with Crippen LogP contribution in [0.5, 0.6) is 0 Å². The van der Waals surface area contributed by atoms with Crippen molar-refractivity contribution in [3.8, 4) is 5.69 Å². The molecule has 1 aromatic carbocycles. The molecule has 0 N–H and O–H groups in total. The third kappa shape index (κ3) is 2.46. The van der Waals surface area contributed by atoms with Gasteiger partial charge in [-0.3, -0.25) is 14.2 Å². The lowest BCUT2D eigenvalue weighted by molar-refractivity contribution is 0.272. The maximum absolute atomic E-state index is 12.4. The molecule has 0 spiro atoms. The first kappa shape index (κ1) is 13.9. The highest BCUT2D eigenvalue weighted by Crippen LogP contribution is 2.27. The summed E-state index contributed by atoms with van der Waals surface area (Å²) in [5.74, 6) is 0.554. The Morgan fingerprint density at radius 3 is 2.52 bits per heavy atom. The molecular formula is C17H20N2O2. The third-order valence-electron chi connectivity index (χ3n) is 4.57. The standard InChI is InChI=1S/C17H20N2O2/c1-12-5-3-8-15(13(12)2)19-10-9-18(16(20)17(19)21)11-14-6-4-7-14/h3,5,8-10,14H,4,6-7,11H2,1-2H3. The monoisotopic (exact) mass is 284 g/mol. The first-order valence-electron chi connectivity index (χ1n) is 7.46. The minimum atomic E-state index is -0.467. The average molecular weight is 284 g/mol. The fourth-order valence-corrected chi connectivity index (χ4v) is 2.79. The second-order valence-electron chi connectivity index (χ2n) is 5.95. The van der Waals surface area contributed by atoms with E-state index in [2.05, 4.69) is 0 Å². The Morgan fingerprint density at radius 1 is 1.10 bits per heavy atom. The molecule has 0 aliphatic heterocycles. The van der Waals surface area contributed by atoms with E-state index in [0.29, 0.717) is 12.5 Å². The van der Waals surface area contributed by atoms with Crippen LogP contribution in [0.25, 0.3) is 5.69 Å². The Kier molecular flexibility index (Phi) is 3.53. The third-order valence-corrected chi connectivity index (χ3v) is 4.57. The van der Waals surface area contributed by atoms with Gasteiger partial charge in [-0.25, -0.2) is 0 Å². The van der Waals surface area contributed by atoms with E-state index >= 15 is 0 Å². The molecule has 0 bridgehead atoms. The quantitative estimate of drug-likeness (QED) is 0.812. The number of rotatable bonds is 3. The Hall–Kier alpha value is -2.10. The van der Waals surface area contributed by atoms with E-state index in [1.807, 2.05) is 32.0 Å². The van der Waals surface area contributed by atoms with Gasteiger partial charge in [0.05, 0.1) is 5.69 Å². The van der Waals surface area contributed by atoms with Gasteiger partial charge >= 0.3 is 11.1 Å². The zero-order valence-electron chi connectivity index (χ0n) is 12.5. The molecule has 4 nitrogen and oxygen atoms in total. The van der Waals surface area contributed by atoms with E-state index in [4.69, 9.17) is 0 Å². The fraction of sp³-hybridized carbons (Fsp3) is 0.412. The van der Waals surface area contributed by atoms with Gasteiger partial charge in [0.25, 0.3) is 0 Å². The molecule has 1 aliphatic rings. The van der Waals surface area contributed by atoms with Crippen molar-refractivity contribution in [2.75, 3.05) is 0 Å². The molecule has 1 heterocycles. The predicted molar refractivity (Wildman–Crippen MR) is 83.1 cm³/mol. The smallest absolute Gasteiger partial charge is 0.309 e. The van der Waals surface area contributed by atoms with Gasteiger partial charge in [-0.15, -0.1) is 0 Å². The summed E-state index contributed by atoms with van der Waals surface area (Å²) in [5, 5.41) is 0. The van der Waals surface area contributed by atoms with Crippen molar-refractivity contribution in [3.05, 3.63) is 62.4 Å². The van der Waals surface area contributed by atoms with Gasteiger partial charge in [-0.1, -0.05) is 18.6 Å². The van der Waals surface area contributed by atoms with Gasteiger partial charge in [0.1, 0.15) is 0 Å².